The predicted octanol–water partition coefficient (Wildman–Crippen LogP) is 4.25. The summed E-state index contributed by atoms with van der Waals surface area (Å²) < 4.78 is 0. The van der Waals surface area contributed by atoms with E-state index in [9.17, 15) is 4.79 Å². The third-order valence-corrected chi connectivity index (χ3v) is 4.54. The lowest BCUT2D eigenvalue weighted by molar-refractivity contribution is 0.932. The van der Waals surface area contributed by atoms with Crippen LogP contribution in [-0.4, -0.2) is 10.7 Å². The summed E-state index contributed by atoms with van der Waals surface area (Å²) >= 11 is 1.64. The van der Waals surface area contributed by atoms with Crippen LogP contribution in [0.25, 0.3) is 10.9 Å². The molecule has 0 radical (unpaired) electrons. The van der Waals surface area contributed by atoms with Crippen molar-refractivity contribution in [2.75, 3.05) is 5.75 Å². The van der Waals surface area contributed by atoms with Gasteiger partial charge < -0.3 is 4.98 Å². The smallest absolute Gasteiger partial charge is 0.262 e. The molecule has 0 aliphatic heterocycles. The van der Waals surface area contributed by atoms with E-state index in [0.29, 0.717) is 0 Å². The topological polar surface area (TPSA) is 32.9 Å². The lowest BCUT2D eigenvalue weighted by Gasteiger charge is -2.04. The number of para-hydroxylation sites is 1. The number of pyridine rings is 1. The summed E-state index contributed by atoms with van der Waals surface area (Å²) in [6.07, 6.45) is 2.13. The van der Waals surface area contributed by atoms with Crippen LogP contribution in [0.2, 0.25) is 0 Å². The number of aryl methyl sites for hydroxylation is 1. The summed E-state index contributed by atoms with van der Waals surface area (Å²) in [4.78, 5) is 15.8. The Kier molecular flexibility index (Phi) is 4.41. The van der Waals surface area contributed by atoms with Gasteiger partial charge in [0.25, 0.3) is 5.56 Å². The minimum atomic E-state index is 0.0124. The zero-order valence-corrected chi connectivity index (χ0v) is 12.5. The van der Waals surface area contributed by atoms with Crippen LogP contribution in [0, 0.1) is 0 Å². The number of benzene rings is 2. The van der Waals surface area contributed by atoms with Crippen LogP contribution in [-0.2, 0) is 6.42 Å². The van der Waals surface area contributed by atoms with Crippen LogP contribution in [0.1, 0.15) is 12.0 Å². The fourth-order valence-corrected chi connectivity index (χ4v) is 3.24. The van der Waals surface area contributed by atoms with Crippen molar-refractivity contribution < 1.29 is 0 Å². The van der Waals surface area contributed by atoms with E-state index in [4.69, 9.17) is 0 Å². The normalized spacial score (nSPS) is 10.9. The molecule has 3 rings (SSSR count). The Morgan fingerprint density at radius 2 is 1.71 bits per heavy atom. The van der Waals surface area contributed by atoms with Crippen LogP contribution in [0.4, 0.5) is 0 Å². The van der Waals surface area contributed by atoms with Crippen molar-refractivity contribution in [2.45, 2.75) is 17.7 Å². The van der Waals surface area contributed by atoms with E-state index in [1.807, 2.05) is 36.4 Å². The summed E-state index contributed by atoms with van der Waals surface area (Å²) in [5.41, 5.74) is 2.26. The van der Waals surface area contributed by atoms with Gasteiger partial charge in [0.05, 0.1) is 4.90 Å². The minimum Gasteiger partial charge on any atom is -0.321 e. The first-order valence-corrected chi connectivity index (χ1v) is 8.10. The Morgan fingerprint density at radius 3 is 2.57 bits per heavy atom. The standard InChI is InChI=1S/C18H17NOS/c20-18-17(13-15-10-4-5-11-16(15)19-18)21-12-6-9-14-7-2-1-3-8-14/h1-5,7-8,10-11,13H,6,9,12H2,(H,19,20). The van der Waals surface area contributed by atoms with Gasteiger partial charge in [-0.1, -0.05) is 48.5 Å². The van der Waals surface area contributed by atoms with E-state index in [0.717, 1.165) is 34.4 Å². The first-order valence-electron chi connectivity index (χ1n) is 7.12. The third kappa shape index (κ3) is 3.56. The van der Waals surface area contributed by atoms with Gasteiger partial charge in [0.2, 0.25) is 0 Å². The highest BCUT2D eigenvalue weighted by Crippen LogP contribution is 2.19. The van der Waals surface area contributed by atoms with Crippen LogP contribution in [0.3, 0.4) is 0 Å². The molecule has 21 heavy (non-hydrogen) atoms. The van der Waals surface area contributed by atoms with Gasteiger partial charge in [-0.2, -0.15) is 0 Å². The van der Waals surface area contributed by atoms with Crippen molar-refractivity contribution in [3.8, 4) is 0 Å². The molecule has 3 aromatic rings. The minimum absolute atomic E-state index is 0.0124. The molecule has 0 aliphatic rings. The van der Waals surface area contributed by atoms with Crippen LogP contribution < -0.4 is 5.56 Å². The van der Waals surface area contributed by atoms with Gasteiger partial charge in [-0.15, -0.1) is 11.8 Å². The number of hydrogen-bond donors (Lipinski definition) is 1. The van der Waals surface area contributed by atoms with E-state index < -0.39 is 0 Å². The fourth-order valence-electron chi connectivity index (χ4n) is 2.34. The molecule has 0 bridgehead atoms. The fraction of sp³-hybridized carbons (Fsp3) is 0.167. The molecule has 0 amide bonds. The Balaban J connectivity index is 1.63. The molecule has 1 heterocycles. The van der Waals surface area contributed by atoms with Crippen LogP contribution >= 0.6 is 11.8 Å². The zero-order valence-electron chi connectivity index (χ0n) is 11.7. The van der Waals surface area contributed by atoms with E-state index in [1.165, 1.54) is 5.56 Å². The number of aromatic amines is 1. The average molecular weight is 295 g/mol. The lowest BCUT2D eigenvalue weighted by atomic mass is 10.1. The van der Waals surface area contributed by atoms with Gasteiger partial charge in [-0.25, -0.2) is 0 Å². The molecule has 0 aliphatic carbocycles. The molecule has 0 unspecified atom stereocenters. The molecule has 0 fully saturated rings. The molecule has 3 heteroatoms. The second-order valence-electron chi connectivity index (χ2n) is 4.99. The number of H-pyrrole nitrogens is 1. The van der Waals surface area contributed by atoms with E-state index >= 15 is 0 Å². The van der Waals surface area contributed by atoms with Crippen LogP contribution in [0.15, 0.2) is 70.4 Å². The molecule has 2 aromatic carbocycles. The molecule has 0 spiro atoms. The second kappa shape index (κ2) is 6.64. The summed E-state index contributed by atoms with van der Waals surface area (Å²) in [7, 11) is 0. The van der Waals surface area contributed by atoms with Gasteiger partial charge in [-0.05, 0) is 41.7 Å². The van der Waals surface area contributed by atoms with Gasteiger partial charge in [0.15, 0.2) is 0 Å². The molecule has 0 atom stereocenters. The van der Waals surface area contributed by atoms with Crippen molar-refractivity contribution >= 4 is 22.7 Å². The maximum absolute atomic E-state index is 12.0. The number of fused-ring (bicyclic) bond motifs is 1. The maximum Gasteiger partial charge on any atom is 0.262 e. The van der Waals surface area contributed by atoms with Gasteiger partial charge >= 0.3 is 0 Å². The Morgan fingerprint density at radius 1 is 0.952 bits per heavy atom. The van der Waals surface area contributed by atoms with Crippen molar-refractivity contribution in [1.82, 2.24) is 4.98 Å². The van der Waals surface area contributed by atoms with Gasteiger partial charge in [-0.3, -0.25) is 4.79 Å². The summed E-state index contributed by atoms with van der Waals surface area (Å²) in [6.45, 7) is 0. The number of aromatic nitrogens is 1. The monoisotopic (exact) mass is 295 g/mol. The zero-order chi connectivity index (χ0) is 14.5. The number of nitrogens with one attached hydrogen (secondary N) is 1. The maximum atomic E-state index is 12.0. The summed E-state index contributed by atoms with van der Waals surface area (Å²) in [5.74, 6) is 0.955. The highest BCUT2D eigenvalue weighted by molar-refractivity contribution is 7.99. The molecular formula is C18H17NOS. The largest absolute Gasteiger partial charge is 0.321 e. The predicted molar refractivity (Wildman–Crippen MR) is 90.1 cm³/mol. The SMILES string of the molecule is O=c1[nH]c2ccccc2cc1SCCCc1ccccc1. The molecular weight excluding hydrogens is 278 g/mol. The summed E-state index contributed by atoms with van der Waals surface area (Å²) in [5, 5.41) is 1.09. The number of rotatable bonds is 5. The molecule has 0 saturated carbocycles. The average Bonchev–Trinajstić information content (AvgIpc) is 2.53. The Bertz CT molecular complexity index is 780. The van der Waals surface area contributed by atoms with Crippen molar-refractivity contribution in [3.63, 3.8) is 0 Å². The quantitative estimate of drug-likeness (QED) is 0.564. The second-order valence-corrected chi connectivity index (χ2v) is 6.12. The molecule has 0 saturated heterocycles. The third-order valence-electron chi connectivity index (χ3n) is 3.43. The van der Waals surface area contributed by atoms with E-state index in [-0.39, 0.29) is 5.56 Å². The summed E-state index contributed by atoms with van der Waals surface area (Å²) in [6, 6.07) is 20.3. The highest BCUT2D eigenvalue weighted by atomic mass is 32.2. The van der Waals surface area contributed by atoms with E-state index in [1.54, 1.807) is 11.8 Å². The Labute approximate surface area is 128 Å². The van der Waals surface area contributed by atoms with Crippen molar-refractivity contribution in [1.29, 1.82) is 0 Å². The van der Waals surface area contributed by atoms with Crippen molar-refractivity contribution in [2.24, 2.45) is 0 Å². The molecule has 1 N–H and O–H groups in total. The molecule has 1 aromatic heterocycles. The molecule has 106 valence electrons. The van der Waals surface area contributed by atoms with Gasteiger partial charge in [0, 0.05) is 5.52 Å². The number of thioether (sulfide) groups is 1. The first kappa shape index (κ1) is 14.0. The highest BCUT2D eigenvalue weighted by Gasteiger charge is 2.03. The lowest BCUT2D eigenvalue weighted by Crippen LogP contribution is -2.08. The number of hydrogen-bond acceptors (Lipinski definition) is 2. The van der Waals surface area contributed by atoms with Crippen LogP contribution in [0.5, 0.6) is 0 Å². The van der Waals surface area contributed by atoms with Crippen molar-refractivity contribution in [3.05, 3.63) is 76.6 Å². The Hall–Kier alpha value is -2.00. The molecule has 2 nitrogen and oxygen atoms in total. The van der Waals surface area contributed by atoms with E-state index in [2.05, 4.69) is 29.2 Å². The van der Waals surface area contributed by atoms with Gasteiger partial charge in [0.1, 0.15) is 0 Å². The first-order chi connectivity index (χ1) is 10.3.